The van der Waals surface area contributed by atoms with Crippen LogP contribution in [0.25, 0.3) is 17.0 Å². The van der Waals surface area contributed by atoms with E-state index in [4.69, 9.17) is 4.42 Å². The molecule has 1 saturated heterocycles. The fourth-order valence-electron chi connectivity index (χ4n) is 3.42. The number of hydrogen-bond donors (Lipinski definition) is 0. The van der Waals surface area contributed by atoms with Crippen molar-refractivity contribution in [2.24, 2.45) is 0 Å². The van der Waals surface area contributed by atoms with Crippen LogP contribution in [0, 0.1) is 0 Å². The summed E-state index contributed by atoms with van der Waals surface area (Å²) in [6.07, 6.45) is 4.25. The molecule has 1 amide bonds. The fourth-order valence-corrected chi connectivity index (χ4v) is 3.42. The summed E-state index contributed by atoms with van der Waals surface area (Å²) in [6.45, 7) is 3.61. The van der Waals surface area contributed by atoms with Gasteiger partial charge in [0.05, 0.1) is 0 Å². The van der Waals surface area contributed by atoms with Crippen LogP contribution in [0.4, 0.5) is 0 Å². The minimum atomic E-state index is -0.572. The second kappa shape index (κ2) is 8.23. The van der Waals surface area contributed by atoms with Crippen molar-refractivity contribution in [3.8, 4) is 0 Å². The van der Waals surface area contributed by atoms with Gasteiger partial charge in [-0.25, -0.2) is 4.79 Å². The Bertz CT molecular complexity index is 1050. The Morgan fingerprint density at radius 1 is 0.964 bits per heavy atom. The number of carbonyl (C=O) groups excluding carboxylic acids is 1. The molecule has 0 radical (unpaired) electrons. The highest BCUT2D eigenvalue weighted by atomic mass is 16.4. The van der Waals surface area contributed by atoms with E-state index in [2.05, 4.69) is 29.2 Å². The molecule has 0 atom stereocenters. The van der Waals surface area contributed by atoms with E-state index in [1.54, 1.807) is 23.1 Å². The van der Waals surface area contributed by atoms with Crippen molar-refractivity contribution in [3.63, 3.8) is 0 Å². The molecule has 0 unspecified atom stereocenters. The Morgan fingerprint density at radius 3 is 2.46 bits per heavy atom. The van der Waals surface area contributed by atoms with Gasteiger partial charge in [0, 0.05) is 38.1 Å². The van der Waals surface area contributed by atoms with Crippen LogP contribution >= 0.6 is 0 Å². The smallest absolute Gasteiger partial charge is 0.349 e. The zero-order valence-electron chi connectivity index (χ0n) is 15.6. The maximum atomic E-state index is 12.8. The second-order valence-electron chi connectivity index (χ2n) is 6.89. The number of nitrogens with zero attached hydrogens (tertiary/aromatic N) is 2. The Morgan fingerprint density at radius 2 is 1.68 bits per heavy atom. The Hall–Kier alpha value is -3.18. The van der Waals surface area contributed by atoms with Crippen LogP contribution in [0.2, 0.25) is 0 Å². The number of rotatable bonds is 4. The van der Waals surface area contributed by atoms with E-state index >= 15 is 0 Å². The molecule has 1 aliphatic rings. The van der Waals surface area contributed by atoms with Crippen molar-refractivity contribution in [2.45, 2.75) is 0 Å². The molecule has 4 rings (SSSR count). The molecule has 0 saturated carbocycles. The van der Waals surface area contributed by atoms with Crippen molar-refractivity contribution in [2.75, 3.05) is 32.7 Å². The highest BCUT2D eigenvalue weighted by molar-refractivity contribution is 5.96. The largest absolute Gasteiger partial charge is 0.422 e. The molecule has 0 N–H and O–H groups in total. The molecule has 2 heterocycles. The summed E-state index contributed by atoms with van der Waals surface area (Å²) < 4.78 is 5.30. The number of amides is 1. The number of benzene rings is 2. The zero-order valence-corrected chi connectivity index (χ0v) is 15.6. The molecular formula is C23H22N2O3. The SMILES string of the molecule is O=C(c1cc2ccccc2oc1=O)N1CCN(C/C=C/c2ccccc2)CC1. The minimum absolute atomic E-state index is 0.108. The molecule has 5 heteroatoms. The van der Waals surface area contributed by atoms with Crippen LogP contribution in [0.15, 0.2) is 76.0 Å². The van der Waals surface area contributed by atoms with Gasteiger partial charge >= 0.3 is 5.63 Å². The average Bonchev–Trinajstić information content (AvgIpc) is 2.74. The predicted molar refractivity (Wildman–Crippen MR) is 110 cm³/mol. The van der Waals surface area contributed by atoms with Gasteiger partial charge in [-0.3, -0.25) is 9.69 Å². The van der Waals surface area contributed by atoms with Gasteiger partial charge in [-0.05, 0) is 17.7 Å². The first-order chi connectivity index (χ1) is 13.7. The lowest BCUT2D eigenvalue weighted by Gasteiger charge is -2.34. The summed E-state index contributed by atoms with van der Waals surface area (Å²) in [4.78, 5) is 29.1. The lowest BCUT2D eigenvalue weighted by molar-refractivity contribution is 0.0646. The molecule has 1 aromatic heterocycles. The molecule has 5 nitrogen and oxygen atoms in total. The minimum Gasteiger partial charge on any atom is -0.422 e. The van der Waals surface area contributed by atoms with Crippen LogP contribution in [0.3, 0.4) is 0 Å². The van der Waals surface area contributed by atoms with Gasteiger partial charge in [0.15, 0.2) is 0 Å². The van der Waals surface area contributed by atoms with Crippen LogP contribution in [-0.4, -0.2) is 48.4 Å². The monoisotopic (exact) mass is 374 g/mol. The molecule has 0 bridgehead atoms. The Kier molecular flexibility index (Phi) is 5.35. The van der Waals surface area contributed by atoms with E-state index in [1.165, 1.54) is 5.56 Å². The molecule has 28 heavy (non-hydrogen) atoms. The maximum absolute atomic E-state index is 12.8. The third-order valence-corrected chi connectivity index (χ3v) is 5.00. The van der Waals surface area contributed by atoms with Crippen molar-refractivity contribution in [3.05, 3.63) is 88.3 Å². The van der Waals surface area contributed by atoms with Crippen molar-refractivity contribution in [1.29, 1.82) is 0 Å². The summed E-state index contributed by atoms with van der Waals surface area (Å²) in [6, 6.07) is 19.1. The summed E-state index contributed by atoms with van der Waals surface area (Å²) in [5, 5.41) is 0.759. The van der Waals surface area contributed by atoms with Gasteiger partial charge in [0.1, 0.15) is 11.1 Å². The molecule has 2 aromatic carbocycles. The van der Waals surface area contributed by atoms with E-state index in [0.717, 1.165) is 25.0 Å². The van der Waals surface area contributed by atoms with Crippen LogP contribution < -0.4 is 5.63 Å². The van der Waals surface area contributed by atoms with Gasteiger partial charge < -0.3 is 9.32 Å². The second-order valence-corrected chi connectivity index (χ2v) is 6.89. The first kappa shape index (κ1) is 18.2. The van der Waals surface area contributed by atoms with Gasteiger partial charge in [0.25, 0.3) is 5.91 Å². The predicted octanol–water partition coefficient (Wildman–Crippen LogP) is 3.26. The van der Waals surface area contributed by atoms with Gasteiger partial charge in [0.2, 0.25) is 0 Å². The lowest BCUT2D eigenvalue weighted by Crippen LogP contribution is -2.49. The summed E-state index contributed by atoms with van der Waals surface area (Å²) in [5.74, 6) is -0.251. The number of carbonyl (C=O) groups is 1. The number of piperazine rings is 1. The van der Waals surface area contributed by atoms with Crippen molar-refractivity contribution >= 4 is 23.0 Å². The summed E-state index contributed by atoms with van der Waals surface area (Å²) >= 11 is 0. The molecule has 0 aliphatic carbocycles. The topological polar surface area (TPSA) is 53.8 Å². The molecule has 1 fully saturated rings. The Labute approximate surface area is 163 Å². The van der Waals surface area contributed by atoms with E-state index in [1.807, 2.05) is 30.3 Å². The fraction of sp³-hybridized carbons (Fsp3) is 0.217. The van der Waals surface area contributed by atoms with Crippen LogP contribution in [-0.2, 0) is 0 Å². The van der Waals surface area contributed by atoms with Gasteiger partial charge in [-0.15, -0.1) is 0 Å². The van der Waals surface area contributed by atoms with Crippen LogP contribution in [0.1, 0.15) is 15.9 Å². The quantitative estimate of drug-likeness (QED) is 0.658. The highest BCUT2D eigenvalue weighted by Gasteiger charge is 2.24. The molecule has 1 aliphatic heterocycles. The number of fused-ring (bicyclic) bond motifs is 1. The first-order valence-corrected chi connectivity index (χ1v) is 9.47. The lowest BCUT2D eigenvalue weighted by atomic mass is 10.1. The standard InChI is InChI=1S/C23H22N2O3/c26-22(20-17-19-10-4-5-11-21(19)28-23(20)27)25-15-13-24(14-16-25)12-6-9-18-7-2-1-3-8-18/h1-11,17H,12-16H2/b9-6+. The maximum Gasteiger partial charge on any atom is 0.349 e. The van der Waals surface area contributed by atoms with E-state index in [9.17, 15) is 9.59 Å². The summed E-state index contributed by atoms with van der Waals surface area (Å²) in [7, 11) is 0. The summed E-state index contributed by atoms with van der Waals surface area (Å²) in [5.41, 5.74) is 1.21. The van der Waals surface area contributed by atoms with Crippen molar-refractivity contribution in [1.82, 2.24) is 9.80 Å². The van der Waals surface area contributed by atoms with E-state index in [0.29, 0.717) is 18.7 Å². The van der Waals surface area contributed by atoms with Gasteiger partial charge in [-0.2, -0.15) is 0 Å². The molecule has 3 aromatic rings. The highest BCUT2D eigenvalue weighted by Crippen LogP contribution is 2.14. The zero-order chi connectivity index (χ0) is 19.3. The molecule has 142 valence electrons. The number of hydrogen-bond acceptors (Lipinski definition) is 4. The molecular weight excluding hydrogens is 352 g/mol. The van der Waals surface area contributed by atoms with Crippen molar-refractivity contribution < 1.29 is 9.21 Å². The van der Waals surface area contributed by atoms with Crippen LogP contribution in [0.5, 0.6) is 0 Å². The number of para-hydroxylation sites is 1. The average molecular weight is 374 g/mol. The van der Waals surface area contributed by atoms with E-state index < -0.39 is 5.63 Å². The third kappa shape index (κ3) is 4.05. The van der Waals surface area contributed by atoms with Gasteiger partial charge in [-0.1, -0.05) is 60.7 Å². The first-order valence-electron chi connectivity index (χ1n) is 9.47. The van der Waals surface area contributed by atoms with E-state index in [-0.39, 0.29) is 11.5 Å². The third-order valence-electron chi connectivity index (χ3n) is 5.00. The Balaban J connectivity index is 1.37. The normalized spacial score (nSPS) is 15.4. The molecule has 0 spiro atoms.